The normalized spacial score (nSPS) is 25.7. The minimum atomic E-state index is 0.186. The molecule has 0 bridgehead atoms. The third-order valence-electron chi connectivity index (χ3n) is 3.10. The van der Waals surface area contributed by atoms with E-state index in [9.17, 15) is 0 Å². The lowest BCUT2D eigenvalue weighted by Gasteiger charge is -2.21. The number of aromatic nitrogens is 2. The Balaban J connectivity index is 2.21. The number of nitrogens with zero attached hydrogens (tertiary/aromatic N) is 3. The minimum absolute atomic E-state index is 0.186. The molecule has 1 saturated heterocycles. The predicted octanol–water partition coefficient (Wildman–Crippen LogP) is 0.594. The predicted molar refractivity (Wildman–Crippen MR) is 57.2 cm³/mol. The van der Waals surface area contributed by atoms with Crippen molar-refractivity contribution < 1.29 is 0 Å². The molecule has 2 rings (SSSR count). The van der Waals surface area contributed by atoms with Crippen molar-refractivity contribution in [3.05, 3.63) is 12.4 Å². The van der Waals surface area contributed by atoms with E-state index in [4.69, 9.17) is 5.73 Å². The maximum Gasteiger partial charge on any atom is 0.205 e. The van der Waals surface area contributed by atoms with Crippen LogP contribution < -0.4 is 10.6 Å². The Morgan fingerprint density at radius 3 is 2.71 bits per heavy atom. The number of nitrogens with two attached hydrogens (primary N) is 1. The zero-order valence-electron chi connectivity index (χ0n) is 9.07. The van der Waals surface area contributed by atoms with Crippen molar-refractivity contribution in [1.29, 1.82) is 0 Å². The largest absolute Gasteiger partial charge is 0.340 e. The Kier molecular flexibility index (Phi) is 2.03. The number of hydrogen-bond acceptors (Lipinski definition) is 3. The molecule has 0 radical (unpaired) electrons. The summed E-state index contributed by atoms with van der Waals surface area (Å²) in [6.45, 7) is 6.30. The van der Waals surface area contributed by atoms with Crippen LogP contribution in [0.5, 0.6) is 0 Å². The van der Waals surface area contributed by atoms with Crippen molar-refractivity contribution in [1.82, 2.24) is 9.55 Å². The van der Waals surface area contributed by atoms with Crippen LogP contribution in [0.1, 0.15) is 13.8 Å². The average Bonchev–Trinajstić information content (AvgIpc) is 2.58. The second kappa shape index (κ2) is 2.98. The van der Waals surface area contributed by atoms with Gasteiger partial charge in [0.15, 0.2) is 0 Å². The van der Waals surface area contributed by atoms with Crippen molar-refractivity contribution in [2.75, 3.05) is 18.0 Å². The number of anilines is 1. The molecule has 0 aromatic carbocycles. The van der Waals surface area contributed by atoms with E-state index >= 15 is 0 Å². The highest BCUT2D eigenvalue weighted by Gasteiger charge is 2.38. The van der Waals surface area contributed by atoms with E-state index in [0.29, 0.717) is 0 Å². The molecule has 14 heavy (non-hydrogen) atoms. The fourth-order valence-electron chi connectivity index (χ4n) is 1.97. The first-order chi connectivity index (χ1) is 6.50. The number of imidazole rings is 1. The summed E-state index contributed by atoms with van der Waals surface area (Å²) in [4.78, 5) is 6.59. The van der Waals surface area contributed by atoms with Crippen LogP contribution in [-0.2, 0) is 7.05 Å². The van der Waals surface area contributed by atoms with Gasteiger partial charge in [-0.15, -0.1) is 0 Å². The lowest BCUT2D eigenvalue weighted by molar-refractivity contribution is 0.364. The lowest BCUT2D eigenvalue weighted by atomic mass is 9.89. The molecule has 1 aliphatic heterocycles. The van der Waals surface area contributed by atoms with E-state index in [2.05, 4.69) is 23.7 Å². The summed E-state index contributed by atoms with van der Waals surface area (Å²) >= 11 is 0. The highest BCUT2D eigenvalue weighted by molar-refractivity contribution is 5.35. The van der Waals surface area contributed by atoms with E-state index in [1.165, 1.54) is 0 Å². The first kappa shape index (κ1) is 9.52. The zero-order chi connectivity index (χ0) is 10.3. The third kappa shape index (κ3) is 1.39. The average molecular weight is 194 g/mol. The van der Waals surface area contributed by atoms with Crippen LogP contribution in [0.2, 0.25) is 0 Å². The van der Waals surface area contributed by atoms with Gasteiger partial charge in [-0.1, -0.05) is 13.8 Å². The number of rotatable bonds is 1. The Hall–Kier alpha value is -1.03. The third-order valence-corrected chi connectivity index (χ3v) is 3.10. The van der Waals surface area contributed by atoms with Gasteiger partial charge in [0.2, 0.25) is 5.95 Å². The highest BCUT2D eigenvalue weighted by atomic mass is 15.3. The van der Waals surface area contributed by atoms with Gasteiger partial charge in [0, 0.05) is 38.6 Å². The van der Waals surface area contributed by atoms with Gasteiger partial charge in [-0.05, 0) is 5.41 Å². The van der Waals surface area contributed by atoms with Crippen LogP contribution >= 0.6 is 0 Å². The second-order valence-electron chi connectivity index (χ2n) is 4.81. The van der Waals surface area contributed by atoms with Crippen molar-refractivity contribution in [2.24, 2.45) is 18.2 Å². The second-order valence-corrected chi connectivity index (χ2v) is 4.81. The SMILES string of the molecule is Cn1ccnc1N1CC(N)C(C)(C)C1. The molecule has 2 N–H and O–H groups in total. The summed E-state index contributed by atoms with van der Waals surface area (Å²) in [5.74, 6) is 1.02. The minimum Gasteiger partial charge on any atom is -0.340 e. The first-order valence-corrected chi connectivity index (χ1v) is 4.98. The van der Waals surface area contributed by atoms with Gasteiger partial charge in [-0.25, -0.2) is 4.98 Å². The standard InChI is InChI=1S/C10H18N4/c1-10(2)7-14(6-8(10)11)9-12-4-5-13(9)3/h4-5,8H,6-7,11H2,1-3H3. The van der Waals surface area contributed by atoms with Gasteiger partial charge < -0.3 is 15.2 Å². The molecular formula is C10H18N4. The Labute approximate surface area is 84.7 Å². The van der Waals surface area contributed by atoms with Crippen LogP contribution in [-0.4, -0.2) is 28.7 Å². The molecule has 1 unspecified atom stereocenters. The van der Waals surface area contributed by atoms with Gasteiger partial charge in [0.05, 0.1) is 0 Å². The van der Waals surface area contributed by atoms with E-state index < -0.39 is 0 Å². The molecule has 2 heterocycles. The molecular weight excluding hydrogens is 176 g/mol. The lowest BCUT2D eigenvalue weighted by Crippen LogP contribution is -2.35. The van der Waals surface area contributed by atoms with E-state index in [-0.39, 0.29) is 11.5 Å². The Morgan fingerprint density at radius 1 is 1.57 bits per heavy atom. The molecule has 0 amide bonds. The van der Waals surface area contributed by atoms with Crippen LogP contribution in [0.3, 0.4) is 0 Å². The summed E-state index contributed by atoms with van der Waals surface area (Å²) in [7, 11) is 2.01. The fraction of sp³-hybridized carbons (Fsp3) is 0.700. The fourth-order valence-corrected chi connectivity index (χ4v) is 1.97. The van der Waals surface area contributed by atoms with Crippen LogP contribution in [0.25, 0.3) is 0 Å². The van der Waals surface area contributed by atoms with Crippen molar-refractivity contribution >= 4 is 5.95 Å². The quantitative estimate of drug-likeness (QED) is 0.712. The summed E-state index contributed by atoms with van der Waals surface area (Å²) in [6.07, 6.45) is 3.79. The van der Waals surface area contributed by atoms with E-state index in [0.717, 1.165) is 19.0 Å². The highest BCUT2D eigenvalue weighted by Crippen LogP contribution is 2.30. The molecule has 1 atom stereocenters. The molecule has 1 aliphatic rings. The monoisotopic (exact) mass is 194 g/mol. The molecule has 1 aromatic heterocycles. The van der Waals surface area contributed by atoms with Gasteiger partial charge in [0.25, 0.3) is 0 Å². The number of aryl methyl sites for hydroxylation is 1. The smallest absolute Gasteiger partial charge is 0.205 e. The van der Waals surface area contributed by atoms with Gasteiger partial charge in [-0.3, -0.25) is 0 Å². The van der Waals surface area contributed by atoms with E-state index in [1.54, 1.807) is 0 Å². The number of hydrogen-bond donors (Lipinski definition) is 1. The van der Waals surface area contributed by atoms with E-state index in [1.807, 2.05) is 24.0 Å². The van der Waals surface area contributed by atoms with Crippen LogP contribution in [0.4, 0.5) is 5.95 Å². The van der Waals surface area contributed by atoms with Crippen molar-refractivity contribution in [3.8, 4) is 0 Å². The van der Waals surface area contributed by atoms with Crippen LogP contribution in [0, 0.1) is 5.41 Å². The summed E-state index contributed by atoms with van der Waals surface area (Å²) in [6, 6.07) is 0.235. The molecule has 4 nitrogen and oxygen atoms in total. The van der Waals surface area contributed by atoms with Crippen LogP contribution in [0.15, 0.2) is 12.4 Å². The molecule has 1 aromatic rings. The zero-order valence-corrected chi connectivity index (χ0v) is 9.07. The summed E-state index contributed by atoms with van der Waals surface area (Å²) < 4.78 is 2.04. The maximum atomic E-state index is 6.08. The molecule has 0 saturated carbocycles. The van der Waals surface area contributed by atoms with Crippen molar-refractivity contribution in [2.45, 2.75) is 19.9 Å². The van der Waals surface area contributed by atoms with Crippen molar-refractivity contribution in [3.63, 3.8) is 0 Å². The Bertz CT molecular complexity index is 329. The first-order valence-electron chi connectivity index (χ1n) is 4.98. The molecule has 1 fully saturated rings. The molecule has 78 valence electrons. The summed E-state index contributed by atoms with van der Waals surface area (Å²) in [5.41, 5.74) is 6.27. The maximum absolute atomic E-state index is 6.08. The topological polar surface area (TPSA) is 47.1 Å². The Morgan fingerprint density at radius 2 is 2.29 bits per heavy atom. The van der Waals surface area contributed by atoms with Gasteiger partial charge in [-0.2, -0.15) is 0 Å². The van der Waals surface area contributed by atoms with Gasteiger partial charge in [0.1, 0.15) is 0 Å². The molecule has 0 aliphatic carbocycles. The molecule has 0 spiro atoms. The summed E-state index contributed by atoms with van der Waals surface area (Å²) in [5, 5.41) is 0. The van der Waals surface area contributed by atoms with Gasteiger partial charge >= 0.3 is 0 Å². The molecule has 4 heteroatoms.